The van der Waals surface area contributed by atoms with Crippen LogP contribution in [0.5, 0.6) is 11.5 Å². The van der Waals surface area contributed by atoms with Crippen molar-refractivity contribution in [2.24, 2.45) is 5.92 Å². The summed E-state index contributed by atoms with van der Waals surface area (Å²) in [5.74, 6) is 2.20. The van der Waals surface area contributed by atoms with Gasteiger partial charge in [0.2, 0.25) is 6.79 Å². The van der Waals surface area contributed by atoms with Gasteiger partial charge in [0.05, 0.1) is 0 Å². The summed E-state index contributed by atoms with van der Waals surface area (Å²) >= 11 is 0. The first-order valence-electron chi connectivity index (χ1n) is 11.1. The van der Waals surface area contributed by atoms with Gasteiger partial charge in [-0.05, 0) is 61.9 Å². The molecule has 2 aromatic rings. The third kappa shape index (κ3) is 4.43. The Bertz CT molecular complexity index is 877. The van der Waals surface area contributed by atoms with Gasteiger partial charge >= 0.3 is 0 Å². The van der Waals surface area contributed by atoms with E-state index in [9.17, 15) is 4.79 Å². The lowest BCUT2D eigenvalue weighted by Gasteiger charge is -2.39. The van der Waals surface area contributed by atoms with Gasteiger partial charge in [-0.15, -0.1) is 0 Å². The van der Waals surface area contributed by atoms with Gasteiger partial charge in [-0.3, -0.25) is 9.78 Å². The van der Waals surface area contributed by atoms with Crippen LogP contribution >= 0.6 is 0 Å². The quantitative estimate of drug-likeness (QED) is 0.704. The highest BCUT2D eigenvalue weighted by Gasteiger charge is 2.34. The summed E-state index contributed by atoms with van der Waals surface area (Å²) in [6, 6.07) is 12.0. The van der Waals surface area contributed by atoms with Crippen LogP contribution in [0.1, 0.15) is 41.7 Å². The fourth-order valence-electron chi connectivity index (χ4n) is 4.45. The Morgan fingerprint density at radius 1 is 1.07 bits per heavy atom. The first-order valence-corrected chi connectivity index (χ1v) is 11.1. The van der Waals surface area contributed by atoms with Crippen molar-refractivity contribution >= 4 is 5.91 Å². The van der Waals surface area contributed by atoms with E-state index in [1.807, 2.05) is 36.5 Å². The average Bonchev–Trinajstić information content (AvgIpc) is 3.50. The zero-order valence-corrected chi connectivity index (χ0v) is 17.3. The molecule has 6 nitrogen and oxygen atoms in total. The molecule has 0 bridgehead atoms. The van der Waals surface area contributed by atoms with E-state index in [-0.39, 0.29) is 12.7 Å². The SMILES string of the molecule is O=C(c1ccc2c(c1)OCO2)N(CC1CC1)C1CCN(CCc2ccccn2)CC1. The van der Waals surface area contributed by atoms with Crippen molar-refractivity contribution in [3.8, 4) is 11.5 Å². The number of carbonyl (C=O) groups excluding carboxylic acids is 1. The van der Waals surface area contributed by atoms with Crippen LogP contribution in [-0.2, 0) is 6.42 Å². The van der Waals surface area contributed by atoms with Gasteiger partial charge < -0.3 is 19.3 Å². The Morgan fingerprint density at radius 3 is 2.67 bits per heavy atom. The number of fused-ring (bicyclic) bond motifs is 1. The number of hydrogen-bond acceptors (Lipinski definition) is 5. The number of amides is 1. The third-order valence-corrected chi connectivity index (χ3v) is 6.44. The van der Waals surface area contributed by atoms with Crippen molar-refractivity contribution in [3.05, 3.63) is 53.9 Å². The van der Waals surface area contributed by atoms with Crippen molar-refractivity contribution in [2.45, 2.75) is 38.1 Å². The second kappa shape index (κ2) is 8.64. The molecular weight excluding hydrogens is 378 g/mol. The zero-order chi connectivity index (χ0) is 20.3. The normalized spacial score (nSPS) is 19.1. The molecule has 3 heterocycles. The van der Waals surface area contributed by atoms with E-state index < -0.39 is 0 Å². The summed E-state index contributed by atoms with van der Waals surface area (Å²) in [5.41, 5.74) is 1.85. The first-order chi connectivity index (χ1) is 14.8. The van der Waals surface area contributed by atoms with Crippen LogP contribution in [0.4, 0.5) is 0 Å². The van der Waals surface area contributed by atoms with Crippen molar-refractivity contribution in [1.82, 2.24) is 14.8 Å². The molecule has 3 aliphatic rings. The summed E-state index contributed by atoms with van der Waals surface area (Å²) in [7, 11) is 0. The van der Waals surface area contributed by atoms with Crippen molar-refractivity contribution < 1.29 is 14.3 Å². The van der Waals surface area contributed by atoms with Crippen LogP contribution < -0.4 is 9.47 Å². The van der Waals surface area contributed by atoms with Crippen LogP contribution in [0.15, 0.2) is 42.6 Å². The molecule has 0 unspecified atom stereocenters. The molecule has 0 N–H and O–H groups in total. The molecule has 1 aromatic carbocycles. The third-order valence-electron chi connectivity index (χ3n) is 6.44. The van der Waals surface area contributed by atoms with Gasteiger partial charge in [0.25, 0.3) is 5.91 Å². The highest BCUT2D eigenvalue weighted by molar-refractivity contribution is 5.95. The van der Waals surface area contributed by atoms with Gasteiger partial charge in [-0.25, -0.2) is 0 Å². The molecule has 0 spiro atoms. The number of aromatic nitrogens is 1. The monoisotopic (exact) mass is 407 g/mol. The van der Waals surface area contributed by atoms with Crippen LogP contribution in [0.2, 0.25) is 0 Å². The molecule has 30 heavy (non-hydrogen) atoms. The fraction of sp³-hybridized carbons (Fsp3) is 0.500. The number of pyridine rings is 1. The maximum absolute atomic E-state index is 13.4. The Morgan fingerprint density at radius 2 is 1.90 bits per heavy atom. The Balaban J connectivity index is 1.21. The molecule has 6 heteroatoms. The molecule has 2 aliphatic heterocycles. The number of carbonyl (C=O) groups is 1. The van der Waals surface area contributed by atoms with Crippen LogP contribution in [0, 0.1) is 5.92 Å². The number of rotatable bonds is 7. The minimum absolute atomic E-state index is 0.132. The molecule has 2 fully saturated rings. The molecule has 0 radical (unpaired) electrons. The minimum Gasteiger partial charge on any atom is -0.454 e. The number of benzene rings is 1. The maximum atomic E-state index is 13.4. The molecule has 1 amide bonds. The largest absolute Gasteiger partial charge is 0.454 e. The molecule has 1 aromatic heterocycles. The maximum Gasteiger partial charge on any atom is 0.254 e. The molecule has 1 saturated carbocycles. The number of nitrogens with zero attached hydrogens (tertiary/aromatic N) is 3. The smallest absolute Gasteiger partial charge is 0.254 e. The van der Waals surface area contributed by atoms with Crippen molar-refractivity contribution in [3.63, 3.8) is 0 Å². The second-order valence-corrected chi connectivity index (χ2v) is 8.61. The van der Waals surface area contributed by atoms with E-state index in [0.717, 1.165) is 56.9 Å². The minimum atomic E-state index is 0.132. The lowest BCUT2D eigenvalue weighted by Crippen LogP contribution is -2.48. The number of ether oxygens (including phenoxy) is 2. The van der Waals surface area contributed by atoms with Crippen molar-refractivity contribution in [1.29, 1.82) is 0 Å². The summed E-state index contributed by atoms with van der Waals surface area (Å²) < 4.78 is 10.9. The number of hydrogen-bond donors (Lipinski definition) is 0. The van der Waals surface area contributed by atoms with Gasteiger partial charge in [-0.2, -0.15) is 0 Å². The predicted molar refractivity (Wildman–Crippen MR) is 114 cm³/mol. The van der Waals surface area contributed by atoms with E-state index in [1.165, 1.54) is 12.8 Å². The fourth-order valence-corrected chi connectivity index (χ4v) is 4.45. The number of likely N-dealkylation sites (tertiary alicyclic amines) is 1. The highest BCUT2D eigenvalue weighted by Crippen LogP contribution is 2.35. The molecule has 1 saturated heterocycles. The van der Waals surface area contributed by atoms with Crippen LogP contribution in [-0.4, -0.2) is 59.7 Å². The van der Waals surface area contributed by atoms with E-state index in [4.69, 9.17) is 9.47 Å². The zero-order valence-electron chi connectivity index (χ0n) is 17.3. The first kappa shape index (κ1) is 19.4. The molecule has 1 aliphatic carbocycles. The molecule has 5 rings (SSSR count). The lowest BCUT2D eigenvalue weighted by molar-refractivity contribution is 0.0559. The standard InChI is InChI=1S/C24H29N3O3/c28-24(19-6-7-22-23(15-19)30-17-29-22)27(16-18-4-5-18)21-9-13-26(14-10-21)12-8-20-3-1-2-11-25-20/h1-3,6-7,11,15,18,21H,4-5,8-10,12-14,16-17H2. The Hall–Kier alpha value is -2.60. The van der Waals surface area contributed by atoms with E-state index >= 15 is 0 Å². The summed E-state index contributed by atoms with van der Waals surface area (Å²) in [6.45, 7) is 4.21. The second-order valence-electron chi connectivity index (χ2n) is 8.61. The predicted octanol–water partition coefficient (Wildman–Crippen LogP) is 3.37. The number of piperidine rings is 1. The van der Waals surface area contributed by atoms with Crippen LogP contribution in [0.25, 0.3) is 0 Å². The van der Waals surface area contributed by atoms with Gasteiger partial charge in [0.1, 0.15) is 0 Å². The summed E-state index contributed by atoms with van der Waals surface area (Å²) in [4.78, 5) is 22.5. The van der Waals surface area contributed by atoms with E-state index in [1.54, 1.807) is 0 Å². The van der Waals surface area contributed by atoms with Crippen LogP contribution in [0.3, 0.4) is 0 Å². The van der Waals surface area contributed by atoms with Gasteiger partial charge in [-0.1, -0.05) is 6.07 Å². The van der Waals surface area contributed by atoms with E-state index in [2.05, 4.69) is 20.9 Å². The average molecular weight is 408 g/mol. The molecular formula is C24H29N3O3. The van der Waals surface area contributed by atoms with E-state index in [0.29, 0.717) is 23.3 Å². The summed E-state index contributed by atoms with van der Waals surface area (Å²) in [5, 5.41) is 0. The topological polar surface area (TPSA) is 54.9 Å². The molecule has 0 atom stereocenters. The van der Waals surface area contributed by atoms with Gasteiger partial charge in [0, 0.05) is 56.1 Å². The van der Waals surface area contributed by atoms with Crippen molar-refractivity contribution in [2.75, 3.05) is 33.0 Å². The summed E-state index contributed by atoms with van der Waals surface area (Å²) in [6.07, 6.45) is 7.39. The Kier molecular flexibility index (Phi) is 5.58. The highest BCUT2D eigenvalue weighted by atomic mass is 16.7. The lowest BCUT2D eigenvalue weighted by atomic mass is 10.0. The Labute approximate surface area is 177 Å². The van der Waals surface area contributed by atoms with Gasteiger partial charge in [0.15, 0.2) is 11.5 Å². The molecule has 158 valence electrons.